The molecule has 0 radical (unpaired) electrons. The van der Waals surface area contributed by atoms with Gasteiger partial charge in [-0.05, 0) is 69.0 Å². The molecule has 2 rings (SSSR count). The number of pyridine rings is 1. The fraction of sp³-hybridized carbons (Fsp3) is 0.526. The second-order valence-electron chi connectivity index (χ2n) is 6.15. The van der Waals surface area contributed by atoms with Gasteiger partial charge in [-0.1, -0.05) is 26.0 Å². The van der Waals surface area contributed by atoms with E-state index in [-0.39, 0.29) is 5.56 Å². The first-order valence-corrected chi connectivity index (χ1v) is 8.62. The van der Waals surface area contributed by atoms with Crippen LogP contribution in [-0.2, 0) is 6.54 Å². The number of rotatable bonds is 8. The molecule has 0 unspecified atom stereocenters. The van der Waals surface area contributed by atoms with Gasteiger partial charge < -0.3 is 15.2 Å². The summed E-state index contributed by atoms with van der Waals surface area (Å²) < 4.78 is 0. The van der Waals surface area contributed by atoms with Gasteiger partial charge in [0.1, 0.15) is 0 Å². The van der Waals surface area contributed by atoms with Crippen LogP contribution in [-0.4, -0.2) is 36.1 Å². The highest BCUT2D eigenvalue weighted by Gasteiger charge is 2.06. The lowest BCUT2D eigenvalue weighted by Gasteiger charge is -2.17. The molecule has 23 heavy (non-hydrogen) atoms. The molecule has 4 heteroatoms. The topological polar surface area (TPSA) is 48.1 Å². The molecule has 0 fully saturated rings. The van der Waals surface area contributed by atoms with Crippen molar-refractivity contribution in [2.75, 3.05) is 26.2 Å². The van der Waals surface area contributed by atoms with Gasteiger partial charge in [-0.3, -0.25) is 4.79 Å². The summed E-state index contributed by atoms with van der Waals surface area (Å²) in [5, 5.41) is 4.49. The van der Waals surface area contributed by atoms with Crippen LogP contribution in [0.4, 0.5) is 0 Å². The molecule has 0 aliphatic heterocycles. The van der Waals surface area contributed by atoms with Crippen molar-refractivity contribution >= 4 is 10.9 Å². The Labute approximate surface area is 138 Å². The number of fused-ring (bicyclic) bond motifs is 1. The first-order valence-electron chi connectivity index (χ1n) is 8.62. The molecule has 2 aromatic rings. The van der Waals surface area contributed by atoms with Crippen molar-refractivity contribution in [1.29, 1.82) is 0 Å². The third kappa shape index (κ3) is 4.43. The zero-order chi connectivity index (χ0) is 16.8. The number of hydrogen-bond acceptors (Lipinski definition) is 3. The summed E-state index contributed by atoms with van der Waals surface area (Å²) in [6.07, 6.45) is 1.10. The lowest BCUT2D eigenvalue weighted by Crippen LogP contribution is -2.28. The van der Waals surface area contributed by atoms with Crippen LogP contribution in [0.2, 0.25) is 0 Å². The smallest absolute Gasteiger partial charge is 0.252 e. The summed E-state index contributed by atoms with van der Waals surface area (Å²) in [7, 11) is 0. The molecule has 0 saturated carbocycles. The molecule has 1 heterocycles. The van der Waals surface area contributed by atoms with Crippen molar-refractivity contribution in [1.82, 2.24) is 15.2 Å². The SMILES string of the molecule is CCN(CC)CCCNCc1cc2ccc(C)c(C)c2[nH]c1=O. The Hall–Kier alpha value is -1.65. The summed E-state index contributed by atoms with van der Waals surface area (Å²) in [5.41, 5.74) is 4.14. The average Bonchev–Trinajstić information content (AvgIpc) is 2.55. The van der Waals surface area contributed by atoms with Gasteiger partial charge in [-0.2, -0.15) is 0 Å². The number of nitrogens with one attached hydrogen (secondary N) is 2. The first kappa shape index (κ1) is 17.7. The van der Waals surface area contributed by atoms with E-state index in [1.165, 1.54) is 5.56 Å². The average molecular weight is 315 g/mol. The van der Waals surface area contributed by atoms with Gasteiger partial charge in [0.2, 0.25) is 0 Å². The van der Waals surface area contributed by atoms with Gasteiger partial charge in [0.05, 0.1) is 5.52 Å². The molecule has 126 valence electrons. The van der Waals surface area contributed by atoms with Crippen molar-refractivity contribution in [3.63, 3.8) is 0 Å². The zero-order valence-electron chi connectivity index (χ0n) is 14.8. The van der Waals surface area contributed by atoms with Crippen LogP contribution in [0.25, 0.3) is 10.9 Å². The van der Waals surface area contributed by atoms with E-state index in [1.54, 1.807) is 0 Å². The highest BCUT2D eigenvalue weighted by atomic mass is 16.1. The van der Waals surface area contributed by atoms with Crippen molar-refractivity contribution in [3.8, 4) is 0 Å². The maximum Gasteiger partial charge on any atom is 0.252 e. The van der Waals surface area contributed by atoms with E-state index in [0.717, 1.165) is 54.6 Å². The number of aromatic amines is 1. The predicted octanol–water partition coefficient (Wildman–Crippen LogP) is 2.97. The van der Waals surface area contributed by atoms with Crippen LogP contribution < -0.4 is 10.9 Å². The van der Waals surface area contributed by atoms with Crippen LogP contribution in [0.3, 0.4) is 0 Å². The van der Waals surface area contributed by atoms with E-state index >= 15 is 0 Å². The largest absolute Gasteiger partial charge is 0.321 e. The maximum atomic E-state index is 12.3. The third-order valence-electron chi connectivity index (χ3n) is 4.67. The Morgan fingerprint density at radius 1 is 1.17 bits per heavy atom. The Morgan fingerprint density at radius 2 is 1.91 bits per heavy atom. The molecular weight excluding hydrogens is 286 g/mol. The van der Waals surface area contributed by atoms with Crippen molar-refractivity contribution in [2.24, 2.45) is 0 Å². The Balaban J connectivity index is 1.97. The first-order chi connectivity index (χ1) is 11.1. The number of nitrogens with zero attached hydrogens (tertiary/aromatic N) is 1. The molecule has 0 amide bonds. The van der Waals surface area contributed by atoms with E-state index in [9.17, 15) is 4.79 Å². The second-order valence-corrected chi connectivity index (χ2v) is 6.15. The van der Waals surface area contributed by atoms with Gasteiger partial charge in [-0.15, -0.1) is 0 Å². The molecule has 0 atom stereocenters. The number of hydrogen-bond donors (Lipinski definition) is 2. The minimum atomic E-state index is 0.0162. The van der Waals surface area contributed by atoms with Gasteiger partial charge >= 0.3 is 0 Å². The summed E-state index contributed by atoms with van der Waals surface area (Å²) in [4.78, 5) is 17.7. The quantitative estimate of drug-likeness (QED) is 0.736. The lowest BCUT2D eigenvalue weighted by molar-refractivity contribution is 0.298. The zero-order valence-corrected chi connectivity index (χ0v) is 14.8. The van der Waals surface area contributed by atoms with Crippen molar-refractivity contribution in [3.05, 3.63) is 45.2 Å². The predicted molar refractivity (Wildman–Crippen MR) is 98.2 cm³/mol. The van der Waals surface area contributed by atoms with Crippen LogP contribution in [0.1, 0.15) is 37.0 Å². The normalized spacial score (nSPS) is 11.5. The monoisotopic (exact) mass is 315 g/mol. The van der Waals surface area contributed by atoms with E-state index in [0.29, 0.717) is 6.54 Å². The number of aromatic nitrogens is 1. The molecule has 0 saturated heterocycles. The Kier molecular flexibility index (Phi) is 6.37. The molecule has 1 aromatic carbocycles. The summed E-state index contributed by atoms with van der Waals surface area (Å²) in [6, 6.07) is 6.20. The van der Waals surface area contributed by atoms with Crippen LogP contribution in [0.5, 0.6) is 0 Å². The van der Waals surface area contributed by atoms with E-state index < -0.39 is 0 Å². The minimum Gasteiger partial charge on any atom is -0.321 e. The van der Waals surface area contributed by atoms with Gasteiger partial charge in [0.15, 0.2) is 0 Å². The summed E-state index contributed by atoms with van der Waals surface area (Å²) >= 11 is 0. The minimum absolute atomic E-state index is 0.0162. The van der Waals surface area contributed by atoms with E-state index in [1.807, 2.05) is 6.07 Å². The number of H-pyrrole nitrogens is 1. The molecule has 2 N–H and O–H groups in total. The standard InChI is InChI=1S/C19H29N3O/c1-5-22(6-2)11-7-10-20-13-17-12-16-9-8-14(3)15(4)18(16)21-19(17)23/h8-9,12,20H,5-7,10-11,13H2,1-4H3,(H,21,23). The summed E-state index contributed by atoms with van der Waals surface area (Å²) in [5.74, 6) is 0. The van der Waals surface area contributed by atoms with Gasteiger partial charge in [-0.25, -0.2) is 0 Å². The number of aryl methyl sites for hydroxylation is 2. The number of benzene rings is 1. The van der Waals surface area contributed by atoms with Crippen LogP contribution in [0.15, 0.2) is 23.0 Å². The fourth-order valence-corrected chi connectivity index (χ4v) is 2.89. The van der Waals surface area contributed by atoms with Crippen LogP contribution in [0, 0.1) is 13.8 Å². The lowest BCUT2D eigenvalue weighted by atomic mass is 10.0. The summed E-state index contributed by atoms with van der Waals surface area (Å²) in [6.45, 7) is 13.4. The fourth-order valence-electron chi connectivity index (χ4n) is 2.89. The van der Waals surface area contributed by atoms with Crippen molar-refractivity contribution < 1.29 is 0 Å². The molecule has 0 bridgehead atoms. The van der Waals surface area contributed by atoms with E-state index in [4.69, 9.17) is 0 Å². The highest BCUT2D eigenvalue weighted by Crippen LogP contribution is 2.18. The molecule has 0 spiro atoms. The van der Waals surface area contributed by atoms with Crippen molar-refractivity contribution in [2.45, 2.75) is 40.7 Å². The molecule has 4 nitrogen and oxygen atoms in total. The van der Waals surface area contributed by atoms with Gasteiger partial charge in [0, 0.05) is 12.1 Å². The molecule has 0 aliphatic carbocycles. The molecular formula is C19H29N3O. The Bertz CT molecular complexity index is 702. The van der Waals surface area contributed by atoms with E-state index in [2.05, 4.69) is 55.0 Å². The highest BCUT2D eigenvalue weighted by molar-refractivity contribution is 5.83. The third-order valence-corrected chi connectivity index (χ3v) is 4.67. The molecule has 1 aromatic heterocycles. The molecule has 0 aliphatic rings. The maximum absolute atomic E-state index is 12.3. The van der Waals surface area contributed by atoms with Gasteiger partial charge in [0.25, 0.3) is 5.56 Å². The Morgan fingerprint density at radius 3 is 2.61 bits per heavy atom. The second kappa shape index (κ2) is 8.27. The van der Waals surface area contributed by atoms with Crippen LogP contribution >= 0.6 is 0 Å².